The molecule has 2 aromatic rings. The highest BCUT2D eigenvalue weighted by atomic mass is 16.1. The molecule has 2 fully saturated rings. The SMILES string of the molecule is CC(NCC1(C2CC2)CC1)c1ccc2[nH]c(=O)[nH]c2c1. The number of hydrogen-bond donors (Lipinski definition) is 3. The van der Waals surface area contributed by atoms with Crippen molar-refractivity contribution in [2.45, 2.75) is 38.6 Å². The van der Waals surface area contributed by atoms with Gasteiger partial charge in [-0.3, -0.25) is 0 Å². The Bertz CT molecular complexity index is 691. The summed E-state index contributed by atoms with van der Waals surface area (Å²) in [6, 6.07) is 6.48. The molecule has 1 unspecified atom stereocenters. The molecule has 106 valence electrons. The Morgan fingerprint density at radius 2 is 2.05 bits per heavy atom. The lowest BCUT2D eigenvalue weighted by Crippen LogP contribution is -2.28. The fourth-order valence-electron chi connectivity index (χ4n) is 3.38. The first-order valence-electron chi connectivity index (χ1n) is 7.62. The van der Waals surface area contributed by atoms with Crippen LogP contribution in [0.5, 0.6) is 0 Å². The predicted molar refractivity (Wildman–Crippen MR) is 79.7 cm³/mol. The molecule has 2 aliphatic carbocycles. The van der Waals surface area contributed by atoms with Crippen LogP contribution in [-0.4, -0.2) is 16.5 Å². The van der Waals surface area contributed by atoms with E-state index in [4.69, 9.17) is 0 Å². The lowest BCUT2D eigenvalue weighted by molar-refractivity contribution is 0.382. The van der Waals surface area contributed by atoms with Crippen molar-refractivity contribution in [3.05, 3.63) is 34.2 Å². The smallest absolute Gasteiger partial charge is 0.310 e. The zero-order chi connectivity index (χ0) is 13.7. The minimum Gasteiger partial charge on any atom is -0.310 e. The maximum atomic E-state index is 11.3. The van der Waals surface area contributed by atoms with Crippen LogP contribution in [-0.2, 0) is 0 Å². The molecule has 0 spiro atoms. The van der Waals surface area contributed by atoms with Gasteiger partial charge >= 0.3 is 5.69 Å². The second kappa shape index (κ2) is 4.22. The second-order valence-corrected chi connectivity index (χ2v) is 6.62. The summed E-state index contributed by atoms with van der Waals surface area (Å²) < 4.78 is 0. The molecular weight excluding hydrogens is 250 g/mol. The fraction of sp³-hybridized carbons (Fsp3) is 0.562. The molecule has 4 nitrogen and oxygen atoms in total. The molecule has 3 N–H and O–H groups in total. The number of H-pyrrole nitrogens is 2. The van der Waals surface area contributed by atoms with Crippen LogP contribution in [0.1, 0.15) is 44.2 Å². The van der Waals surface area contributed by atoms with Gasteiger partial charge in [0.2, 0.25) is 0 Å². The van der Waals surface area contributed by atoms with E-state index in [1.54, 1.807) is 0 Å². The molecule has 1 heterocycles. The highest BCUT2D eigenvalue weighted by Crippen LogP contribution is 2.60. The monoisotopic (exact) mass is 271 g/mol. The Labute approximate surface area is 118 Å². The van der Waals surface area contributed by atoms with Gasteiger partial charge < -0.3 is 15.3 Å². The Balaban J connectivity index is 1.48. The van der Waals surface area contributed by atoms with Crippen molar-refractivity contribution >= 4 is 11.0 Å². The Hall–Kier alpha value is -1.55. The van der Waals surface area contributed by atoms with Crippen LogP contribution in [0.2, 0.25) is 0 Å². The first kappa shape index (κ1) is 12.2. The lowest BCUT2D eigenvalue weighted by Gasteiger charge is -2.20. The molecule has 4 heteroatoms. The second-order valence-electron chi connectivity index (χ2n) is 6.62. The van der Waals surface area contributed by atoms with Crippen LogP contribution in [0.15, 0.2) is 23.0 Å². The Morgan fingerprint density at radius 3 is 2.75 bits per heavy atom. The van der Waals surface area contributed by atoms with E-state index in [9.17, 15) is 4.79 Å². The van der Waals surface area contributed by atoms with Crippen LogP contribution in [0, 0.1) is 11.3 Å². The van der Waals surface area contributed by atoms with E-state index in [1.807, 2.05) is 6.07 Å². The average molecular weight is 271 g/mol. The highest BCUT2D eigenvalue weighted by Gasteiger charge is 2.53. The van der Waals surface area contributed by atoms with Crippen molar-refractivity contribution < 1.29 is 0 Å². The van der Waals surface area contributed by atoms with Crippen molar-refractivity contribution in [2.75, 3.05) is 6.54 Å². The van der Waals surface area contributed by atoms with Crippen molar-refractivity contribution in [3.63, 3.8) is 0 Å². The Morgan fingerprint density at radius 1 is 1.30 bits per heavy atom. The molecule has 0 amide bonds. The van der Waals surface area contributed by atoms with E-state index in [0.29, 0.717) is 11.5 Å². The number of aromatic amines is 2. The van der Waals surface area contributed by atoms with E-state index in [-0.39, 0.29) is 5.69 Å². The third-order valence-electron chi connectivity index (χ3n) is 5.14. The summed E-state index contributed by atoms with van der Waals surface area (Å²) in [5.41, 5.74) is 3.50. The van der Waals surface area contributed by atoms with E-state index in [1.165, 1.54) is 31.2 Å². The minimum atomic E-state index is -0.136. The molecule has 1 aromatic heterocycles. The van der Waals surface area contributed by atoms with Crippen LogP contribution < -0.4 is 11.0 Å². The fourth-order valence-corrected chi connectivity index (χ4v) is 3.38. The third-order valence-corrected chi connectivity index (χ3v) is 5.14. The van der Waals surface area contributed by atoms with Gasteiger partial charge in [-0.05, 0) is 61.6 Å². The van der Waals surface area contributed by atoms with Crippen molar-refractivity contribution in [2.24, 2.45) is 11.3 Å². The van der Waals surface area contributed by atoms with Crippen LogP contribution in [0.3, 0.4) is 0 Å². The number of nitrogens with one attached hydrogen (secondary N) is 3. The summed E-state index contributed by atoms with van der Waals surface area (Å²) in [4.78, 5) is 16.9. The number of rotatable bonds is 5. The molecule has 0 radical (unpaired) electrons. The van der Waals surface area contributed by atoms with E-state index < -0.39 is 0 Å². The van der Waals surface area contributed by atoms with E-state index >= 15 is 0 Å². The largest absolute Gasteiger partial charge is 0.323 e. The van der Waals surface area contributed by atoms with Gasteiger partial charge in [0.25, 0.3) is 0 Å². The van der Waals surface area contributed by atoms with E-state index in [2.05, 4.69) is 34.3 Å². The normalized spacial score (nSPS) is 22.1. The predicted octanol–water partition coefficient (Wildman–Crippen LogP) is 2.70. The number of benzene rings is 1. The van der Waals surface area contributed by atoms with E-state index in [0.717, 1.165) is 23.5 Å². The highest BCUT2D eigenvalue weighted by molar-refractivity contribution is 5.75. The molecule has 0 aliphatic heterocycles. The summed E-state index contributed by atoms with van der Waals surface area (Å²) in [6.45, 7) is 3.34. The molecule has 1 aromatic carbocycles. The van der Waals surface area contributed by atoms with Gasteiger partial charge in [-0.2, -0.15) is 0 Å². The molecule has 1 atom stereocenters. The standard InChI is InChI=1S/C16H21N3O/c1-10(17-9-16(6-7-16)12-3-4-12)11-2-5-13-14(8-11)19-15(20)18-13/h2,5,8,10,12,17H,3-4,6-7,9H2,1H3,(H2,18,19,20). The maximum Gasteiger partial charge on any atom is 0.323 e. The number of fused-ring (bicyclic) bond motifs is 1. The van der Waals surface area contributed by atoms with Crippen molar-refractivity contribution in [1.82, 2.24) is 15.3 Å². The van der Waals surface area contributed by atoms with Gasteiger partial charge in [0.1, 0.15) is 0 Å². The number of aromatic nitrogens is 2. The van der Waals surface area contributed by atoms with Gasteiger partial charge in [0.15, 0.2) is 0 Å². The topological polar surface area (TPSA) is 60.7 Å². The number of imidazole rings is 1. The minimum absolute atomic E-state index is 0.136. The van der Waals surface area contributed by atoms with Crippen molar-refractivity contribution in [1.29, 1.82) is 0 Å². The van der Waals surface area contributed by atoms with Crippen LogP contribution in [0.4, 0.5) is 0 Å². The molecule has 0 bridgehead atoms. The average Bonchev–Trinajstić information content (AvgIpc) is 3.31. The summed E-state index contributed by atoms with van der Waals surface area (Å²) in [6.07, 6.45) is 5.68. The molecule has 2 saturated carbocycles. The van der Waals surface area contributed by atoms with Gasteiger partial charge in [-0.25, -0.2) is 4.79 Å². The zero-order valence-corrected chi connectivity index (χ0v) is 11.8. The zero-order valence-electron chi connectivity index (χ0n) is 11.8. The summed E-state index contributed by atoms with van der Waals surface area (Å²) in [5.74, 6) is 0.991. The van der Waals surface area contributed by atoms with Crippen LogP contribution in [0.25, 0.3) is 11.0 Å². The van der Waals surface area contributed by atoms with Gasteiger partial charge in [0.05, 0.1) is 11.0 Å². The number of hydrogen-bond acceptors (Lipinski definition) is 2. The Kier molecular flexibility index (Phi) is 2.58. The molecule has 20 heavy (non-hydrogen) atoms. The molecule has 0 saturated heterocycles. The summed E-state index contributed by atoms with van der Waals surface area (Å²) in [5, 5.41) is 3.69. The molecule has 4 rings (SSSR count). The summed E-state index contributed by atoms with van der Waals surface area (Å²) in [7, 11) is 0. The maximum absolute atomic E-state index is 11.3. The first-order chi connectivity index (χ1) is 9.66. The lowest BCUT2D eigenvalue weighted by atomic mass is 9.99. The third kappa shape index (κ3) is 2.08. The molecule has 2 aliphatic rings. The van der Waals surface area contributed by atoms with Gasteiger partial charge in [-0.1, -0.05) is 6.07 Å². The molecular formula is C16H21N3O. The van der Waals surface area contributed by atoms with Crippen LogP contribution >= 0.6 is 0 Å². The quantitative estimate of drug-likeness (QED) is 0.783. The van der Waals surface area contributed by atoms with Crippen molar-refractivity contribution in [3.8, 4) is 0 Å². The van der Waals surface area contributed by atoms with Gasteiger partial charge in [0, 0.05) is 12.6 Å². The first-order valence-corrected chi connectivity index (χ1v) is 7.62. The van der Waals surface area contributed by atoms with Gasteiger partial charge in [-0.15, -0.1) is 0 Å². The summed E-state index contributed by atoms with van der Waals surface area (Å²) >= 11 is 0.